The molecule has 0 saturated heterocycles. The molecule has 29 heavy (non-hydrogen) atoms. The minimum absolute atomic E-state index is 0.527. The summed E-state index contributed by atoms with van der Waals surface area (Å²) in [5.41, 5.74) is 2.29. The molecule has 2 heteroatoms. The molecule has 7 atom stereocenters. The van der Waals surface area contributed by atoms with Crippen molar-refractivity contribution in [3.05, 3.63) is 11.6 Å². The molecule has 0 aliphatic heterocycles. The molecule has 0 heterocycles. The molecule has 0 aromatic rings. The summed E-state index contributed by atoms with van der Waals surface area (Å²) in [6, 6.07) is 0. The summed E-state index contributed by atoms with van der Waals surface area (Å²) < 4.78 is 0. The van der Waals surface area contributed by atoms with Crippen LogP contribution in [0, 0.1) is 35.0 Å². The number of hydrogen-bond donors (Lipinski definition) is 1. The highest BCUT2D eigenvalue weighted by molar-refractivity contribution is 7.99. The lowest BCUT2D eigenvalue weighted by Gasteiger charge is -2.40. The van der Waals surface area contributed by atoms with E-state index in [9.17, 15) is 0 Å². The van der Waals surface area contributed by atoms with Crippen molar-refractivity contribution in [2.45, 2.75) is 116 Å². The van der Waals surface area contributed by atoms with Crippen LogP contribution >= 0.6 is 24.4 Å². The zero-order chi connectivity index (χ0) is 21.6. The Kier molecular flexibility index (Phi) is 10.5. The van der Waals surface area contributed by atoms with E-state index in [2.05, 4.69) is 65.6 Å². The number of rotatable bonds is 10. The van der Waals surface area contributed by atoms with Gasteiger partial charge in [-0.1, -0.05) is 46.3 Å². The van der Waals surface area contributed by atoms with Crippen molar-refractivity contribution < 1.29 is 0 Å². The van der Waals surface area contributed by atoms with Gasteiger partial charge in [-0.3, -0.25) is 0 Å². The highest BCUT2D eigenvalue weighted by Crippen LogP contribution is 2.54. The maximum absolute atomic E-state index is 5.01. The Hall–Kier alpha value is 0.440. The first-order valence-corrected chi connectivity index (χ1v) is 14.4. The fraction of sp³-hybridized carbons (Fsp3) is 0.926. The lowest BCUT2D eigenvalue weighted by molar-refractivity contribution is 0.125. The number of thiol groups is 1. The highest BCUT2D eigenvalue weighted by Gasteiger charge is 2.44. The van der Waals surface area contributed by atoms with E-state index in [1.807, 2.05) is 0 Å². The average molecular weight is 439 g/mol. The third-order valence-corrected chi connectivity index (χ3v) is 10.4. The van der Waals surface area contributed by atoms with Crippen LogP contribution in [0.15, 0.2) is 11.6 Å². The molecule has 2 saturated carbocycles. The van der Waals surface area contributed by atoms with Gasteiger partial charge in [0, 0.05) is 10.5 Å². The number of hydrogen-bond acceptors (Lipinski definition) is 2. The minimum Gasteiger partial charge on any atom is -0.176 e. The van der Waals surface area contributed by atoms with Crippen molar-refractivity contribution in [1.29, 1.82) is 0 Å². The van der Waals surface area contributed by atoms with E-state index in [0.29, 0.717) is 10.7 Å². The Bertz CT molecular complexity index is 511. The van der Waals surface area contributed by atoms with Crippen molar-refractivity contribution in [3.8, 4) is 0 Å². The van der Waals surface area contributed by atoms with Gasteiger partial charge in [-0.15, -0.1) is 0 Å². The summed E-state index contributed by atoms with van der Waals surface area (Å²) >= 11 is 7.09. The first-order valence-electron chi connectivity index (χ1n) is 12.6. The molecule has 0 radical (unpaired) electrons. The predicted octanol–water partition coefficient (Wildman–Crippen LogP) is 9.06. The second-order valence-corrected chi connectivity index (χ2v) is 13.0. The van der Waals surface area contributed by atoms with Gasteiger partial charge in [-0.25, -0.2) is 0 Å². The average Bonchev–Trinajstić information content (AvgIpc) is 2.98. The van der Waals surface area contributed by atoms with Gasteiger partial charge in [-0.05, 0) is 112 Å². The summed E-state index contributed by atoms with van der Waals surface area (Å²) in [5, 5.41) is 1.46. The second-order valence-electron chi connectivity index (χ2n) is 11.2. The van der Waals surface area contributed by atoms with E-state index in [4.69, 9.17) is 12.6 Å². The van der Waals surface area contributed by atoms with E-state index in [1.54, 1.807) is 5.57 Å². The van der Waals surface area contributed by atoms with Gasteiger partial charge < -0.3 is 0 Å². The van der Waals surface area contributed by atoms with Crippen molar-refractivity contribution in [1.82, 2.24) is 0 Å². The van der Waals surface area contributed by atoms with Gasteiger partial charge in [0.2, 0.25) is 0 Å². The van der Waals surface area contributed by atoms with Crippen molar-refractivity contribution >= 4 is 24.4 Å². The number of allylic oxidation sites excluding steroid dienone is 2. The predicted molar refractivity (Wildman–Crippen MR) is 138 cm³/mol. The summed E-state index contributed by atoms with van der Waals surface area (Å²) in [4.78, 5) is 0. The topological polar surface area (TPSA) is 0 Å². The first-order chi connectivity index (χ1) is 13.7. The molecule has 0 bridgehead atoms. The van der Waals surface area contributed by atoms with E-state index in [1.165, 1.54) is 64.2 Å². The van der Waals surface area contributed by atoms with Gasteiger partial charge in [0.05, 0.1) is 0 Å². The Labute approximate surface area is 193 Å². The Morgan fingerprint density at radius 3 is 2.45 bits per heavy atom. The molecular weight excluding hydrogens is 388 g/mol. The van der Waals surface area contributed by atoms with Crippen LogP contribution in [0.5, 0.6) is 0 Å². The Morgan fingerprint density at radius 2 is 1.83 bits per heavy atom. The van der Waals surface area contributed by atoms with Crippen LogP contribution in [-0.2, 0) is 0 Å². The number of thioether (sulfide) groups is 1. The molecule has 0 amide bonds. The second kappa shape index (κ2) is 11.9. The van der Waals surface area contributed by atoms with Crippen molar-refractivity contribution in [2.75, 3.05) is 6.26 Å². The fourth-order valence-corrected chi connectivity index (χ4v) is 7.45. The first kappa shape index (κ1) is 25.7. The molecule has 2 aliphatic carbocycles. The van der Waals surface area contributed by atoms with Gasteiger partial charge in [0.25, 0.3) is 0 Å². The van der Waals surface area contributed by atoms with Crippen molar-refractivity contribution in [2.24, 2.45) is 35.0 Å². The lowest BCUT2D eigenvalue weighted by atomic mass is 9.66. The van der Waals surface area contributed by atoms with Crippen LogP contribution < -0.4 is 0 Å². The summed E-state index contributed by atoms with van der Waals surface area (Å²) in [5.74, 6) is 4.24. The zero-order valence-electron chi connectivity index (χ0n) is 20.5. The molecule has 0 spiro atoms. The lowest BCUT2D eigenvalue weighted by Crippen LogP contribution is -2.31. The largest absolute Gasteiger partial charge is 0.176 e. The van der Waals surface area contributed by atoms with E-state index >= 15 is 0 Å². The zero-order valence-corrected chi connectivity index (χ0v) is 22.3. The van der Waals surface area contributed by atoms with Gasteiger partial charge in [0.15, 0.2) is 0 Å². The maximum Gasteiger partial charge on any atom is 0.00817 e. The maximum atomic E-state index is 5.01. The fourth-order valence-electron chi connectivity index (χ4n) is 6.31. The molecular formula is C27H50S2. The van der Waals surface area contributed by atoms with Crippen LogP contribution in [0.3, 0.4) is 0 Å². The molecule has 0 aromatic carbocycles. The normalized spacial score (nSPS) is 36.7. The molecule has 0 aromatic heterocycles. The smallest absolute Gasteiger partial charge is 0.00817 e. The van der Waals surface area contributed by atoms with E-state index < -0.39 is 0 Å². The minimum atomic E-state index is 0.527. The van der Waals surface area contributed by atoms with Crippen molar-refractivity contribution in [3.63, 3.8) is 0 Å². The summed E-state index contributed by atoms with van der Waals surface area (Å²) in [7, 11) is 0. The quantitative estimate of drug-likeness (QED) is 0.262. The van der Waals surface area contributed by atoms with Gasteiger partial charge in [0.1, 0.15) is 0 Å². The van der Waals surface area contributed by atoms with Crippen LogP contribution in [-0.4, -0.2) is 16.8 Å². The third kappa shape index (κ3) is 6.96. The molecule has 170 valence electrons. The van der Waals surface area contributed by atoms with Crippen LogP contribution in [0.4, 0.5) is 0 Å². The van der Waals surface area contributed by atoms with E-state index in [0.717, 1.165) is 34.8 Å². The van der Waals surface area contributed by atoms with Crippen LogP contribution in [0.2, 0.25) is 0 Å². The summed E-state index contributed by atoms with van der Waals surface area (Å²) in [6.45, 7) is 14.7. The Balaban J connectivity index is 1.93. The Morgan fingerprint density at radius 1 is 1.10 bits per heavy atom. The molecule has 0 N–H and O–H groups in total. The van der Waals surface area contributed by atoms with Crippen LogP contribution in [0.1, 0.15) is 106 Å². The molecule has 3 unspecified atom stereocenters. The van der Waals surface area contributed by atoms with E-state index in [-0.39, 0.29) is 0 Å². The van der Waals surface area contributed by atoms with Crippen LogP contribution in [0.25, 0.3) is 0 Å². The monoisotopic (exact) mass is 438 g/mol. The SMILES string of the molecule is C/C=C1/C[C@@H](SC)CC[C@@H]1C(C)CC[C@@]1(C)C(C)CC[C@@H]1CC(S)CCC(C)C. The third-order valence-electron chi connectivity index (χ3n) is 8.91. The highest BCUT2D eigenvalue weighted by atomic mass is 32.2. The molecule has 2 rings (SSSR count). The summed E-state index contributed by atoms with van der Waals surface area (Å²) in [6.07, 6.45) is 18.6. The van der Waals surface area contributed by atoms with Gasteiger partial charge in [-0.2, -0.15) is 24.4 Å². The molecule has 0 nitrogen and oxygen atoms in total. The standard InChI is InChI=1S/C27H50S2/c1-8-22-17-25(29-7)13-14-26(22)20(4)15-16-27(6)21(5)10-11-23(27)18-24(28)12-9-19(2)3/h8,19-21,23-26,28H,9-18H2,1-7H3/b22-8-/t20?,21?,23-,24?,25+,26-,27+/m1/s1. The van der Waals surface area contributed by atoms with Gasteiger partial charge >= 0.3 is 0 Å². The molecule has 2 aliphatic rings. The molecule has 2 fully saturated rings.